The van der Waals surface area contributed by atoms with Crippen LogP contribution in [0.25, 0.3) is 0 Å². The summed E-state index contributed by atoms with van der Waals surface area (Å²) in [6, 6.07) is 11.7. The first-order valence-electron chi connectivity index (χ1n) is 8.28. The van der Waals surface area contributed by atoms with Crippen LogP contribution in [0.4, 0.5) is 5.69 Å². The Bertz CT molecular complexity index is 855. The molecule has 0 aromatic heterocycles. The molecule has 0 saturated heterocycles. The first-order chi connectivity index (χ1) is 11.8. The van der Waals surface area contributed by atoms with E-state index in [1.165, 1.54) is 0 Å². The Kier molecular flexibility index (Phi) is 5.85. The first-order valence-corrected chi connectivity index (χ1v) is 9.76. The maximum absolute atomic E-state index is 12.6. The van der Waals surface area contributed by atoms with Gasteiger partial charge in [-0.3, -0.25) is 9.52 Å². The van der Waals surface area contributed by atoms with Crippen LogP contribution in [0, 0.1) is 13.8 Å². The van der Waals surface area contributed by atoms with Crippen molar-refractivity contribution in [2.75, 3.05) is 17.8 Å². The number of carbonyl (C=O) groups is 1. The van der Waals surface area contributed by atoms with Crippen LogP contribution in [0.3, 0.4) is 0 Å². The predicted molar refractivity (Wildman–Crippen MR) is 100 cm³/mol. The van der Waals surface area contributed by atoms with Crippen molar-refractivity contribution in [2.24, 2.45) is 0 Å². The standard InChI is InChI=1S/C19H24N2O3S/c1-5-21(6-2)19(22)16-10-9-15(4)18(13-16)20-25(23,24)17-11-7-14(3)8-12-17/h7-13,20H,5-6H2,1-4H3. The summed E-state index contributed by atoms with van der Waals surface area (Å²) in [5.41, 5.74) is 2.63. The van der Waals surface area contributed by atoms with Crippen LogP contribution in [0.5, 0.6) is 0 Å². The van der Waals surface area contributed by atoms with Gasteiger partial charge in [-0.15, -0.1) is 0 Å². The lowest BCUT2D eigenvalue weighted by Crippen LogP contribution is -2.30. The number of benzene rings is 2. The number of hydrogen-bond acceptors (Lipinski definition) is 3. The molecule has 0 bridgehead atoms. The number of nitrogens with one attached hydrogen (secondary N) is 1. The fourth-order valence-corrected chi connectivity index (χ4v) is 3.60. The fourth-order valence-electron chi connectivity index (χ4n) is 2.48. The minimum absolute atomic E-state index is 0.110. The van der Waals surface area contributed by atoms with Crippen LogP contribution < -0.4 is 4.72 Å². The highest BCUT2D eigenvalue weighted by Gasteiger charge is 2.18. The molecule has 134 valence electrons. The van der Waals surface area contributed by atoms with Crippen molar-refractivity contribution in [1.29, 1.82) is 0 Å². The van der Waals surface area contributed by atoms with Crippen molar-refractivity contribution in [3.05, 3.63) is 59.2 Å². The van der Waals surface area contributed by atoms with Gasteiger partial charge in [0.1, 0.15) is 0 Å². The summed E-state index contributed by atoms with van der Waals surface area (Å²) in [5, 5.41) is 0. The summed E-state index contributed by atoms with van der Waals surface area (Å²) in [4.78, 5) is 14.4. The summed E-state index contributed by atoms with van der Waals surface area (Å²) in [5.74, 6) is -0.110. The second kappa shape index (κ2) is 7.70. The summed E-state index contributed by atoms with van der Waals surface area (Å²) in [6.45, 7) is 8.74. The molecule has 1 N–H and O–H groups in total. The molecule has 0 spiro atoms. The lowest BCUT2D eigenvalue weighted by molar-refractivity contribution is 0.0773. The molecule has 2 aromatic carbocycles. The molecule has 0 aliphatic heterocycles. The van der Waals surface area contributed by atoms with E-state index in [9.17, 15) is 13.2 Å². The minimum atomic E-state index is -3.70. The van der Waals surface area contributed by atoms with Crippen LogP contribution in [0.2, 0.25) is 0 Å². The average Bonchev–Trinajstić information content (AvgIpc) is 2.58. The van der Waals surface area contributed by atoms with Gasteiger partial charge in [-0.25, -0.2) is 8.42 Å². The van der Waals surface area contributed by atoms with E-state index in [-0.39, 0.29) is 10.8 Å². The summed E-state index contributed by atoms with van der Waals surface area (Å²) >= 11 is 0. The van der Waals surface area contributed by atoms with Crippen molar-refractivity contribution in [3.8, 4) is 0 Å². The SMILES string of the molecule is CCN(CC)C(=O)c1ccc(C)c(NS(=O)(=O)c2ccc(C)cc2)c1. The lowest BCUT2D eigenvalue weighted by Gasteiger charge is -2.19. The largest absolute Gasteiger partial charge is 0.339 e. The Morgan fingerprint density at radius 1 is 1.00 bits per heavy atom. The smallest absolute Gasteiger partial charge is 0.261 e. The summed E-state index contributed by atoms with van der Waals surface area (Å²) in [6.07, 6.45) is 0. The number of hydrogen-bond donors (Lipinski definition) is 1. The average molecular weight is 360 g/mol. The molecule has 0 saturated carbocycles. The van der Waals surface area contributed by atoms with E-state index in [0.29, 0.717) is 24.3 Å². The van der Waals surface area contributed by atoms with Gasteiger partial charge in [0.15, 0.2) is 0 Å². The summed E-state index contributed by atoms with van der Waals surface area (Å²) in [7, 11) is -3.70. The molecule has 0 aliphatic rings. The Morgan fingerprint density at radius 3 is 2.16 bits per heavy atom. The zero-order chi connectivity index (χ0) is 18.6. The maximum Gasteiger partial charge on any atom is 0.261 e. The molecular weight excluding hydrogens is 336 g/mol. The highest BCUT2D eigenvalue weighted by molar-refractivity contribution is 7.92. The van der Waals surface area contributed by atoms with Crippen molar-refractivity contribution < 1.29 is 13.2 Å². The third kappa shape index (κ3) is 4.39. The van der Waals surface area contributed by atoms with E-state index in [4.69, 9.17) is 0 Å². The van der Waals surface area contributed by atoms with E-state index in [1.54, 1.807) is 54.3 Å². The van der Waals surface area contributed by atoms with Crippen LogP contribution >= 0.6 is 0 Å². The van der Waals surface area contributed by atoms with Crippen molar-refractivity contribution >= 4 is 21.6 Å². The second-order valence-electron chi connectivity index (χ2n) is 5.93. The van der Waals surface area contributed by atoms with E-state index < -0.39 is 10.0 Å². The second-order valence-corrected chi connectivity index (χ2v) is 7.61. The van der Waals surface area contributed by atoms with Crippen LogP contribution in [0.1, 0.15) is 35.3 Å². The number of nitrogens with zero attached hydrogens (tertiary/aromatic N) is 1. The first kappa shape index (κ1) is 19.0. The van der Waals surface area contributed by atoms with Crippen LogP contribution in [-0.4, -0.2) is 32.3 Å². The summed E-state index contributed by atoms with van der Waals surface area (Å²) < 4.78 is 27.8. The highest BCUT2D eigenvalue weighted by Crippen LogP contribution is 2.22. The normalized spacial score (nSPS) is 11.2. The molecule has 25 heavy (non-hydrogen) atoms. The van der Waals surface area contributed by atoms with Gasteiger partial charge in [0, 0.05) is 18.7 Å². The monoisotopic (exact) mass is 360 g/mol. The fraction of sp³-hybridized carbons (Fsp3) is 0.316. The van der Waals surface area contributed by atoms with Gasteiger partial charge in [0.2, 0.25) is 0 Å². The number of sulfonamides is 1. The number of rotatable bonds is 6. The number of aryl methyl sites for hydroxylation is 2. The zero-order valence-electron chi connectivity index (χ0n) is 15.0. The molecule has 2 aromatic rings. The third-order valence-corrected chi connectivity index (χ3v) is 5.49. The van der Waals surface area contributed by atoms with Gasteiger partial charge < -0.3 is 4.90 Å². The van der Waals surface area contributed by atoms with Gasteiger partial charge in [0.25, 0.3) is 15.9 Å². The number of anilines is 1. The maximum atomic E-state index is 12.6. The predicted octanol–water partition coefficient (Wildman–Crippen LogP) is 3.59. The van der Waals surface area contributed by atoms with Gasteiger partial charge in [-0.05, 0) is 57.5 Å². The molecule has 1 amide bonds. The molecule has 5 nitrogen and oxygen atoms in total. The lowest BCUT2D eigenvalue weighted by atomic mass is 10.1. The van der Waals surface area contributed by atoms with Gasteiger partial charge >= 0.3 is 0 Å². The van der Waals surface area contributed by atoms with Crippen molar-refractivity contribution in [3.63, 3.8) is 0 Å². The molecule has 2 rings (SSSR count). The number of carbonyl (C=O) groups excluding carboxylic acids is 1. The number of amides is 1. The van der Waals surface area contributed by atoms with Crippen LogP contribution in [0.15, 0.2) is 47.4 Å². The molecule has 0 atom stereocenters. The Hall–Kier alpha value is -2.34. The minimum Gasteiger partial charge on any atom is -0.339 e. The van der Waals surface area contributed by atoms with Crippen molar-refractivity contribution in [1.82, 2.24) is 4.90 Å². The van der Waals surface area contributed by atoms with Crippen molar-refractivity contribution in [2.45, 2.75) is 32.6 Å². The van der Waals surface area contributed by atoms with E-state index in [1.807, 2.05) is 20.8 Å². The quantitative estimate of drug-likeness (QED) is 0.856. The van der Waals surface area contributed by atoms with Gasteiger partial charge in [0.05, 0.1) is 10.6 Å². The molecule has 6 heteroatoms. The molecule has 0 unspecified atom stereocenters. The van der Waals surface area contributed by atoms with E-state index in [2.05, 4.69) is 4.72 Å². The Labute approximate surface area is 149 Å². The molecule has 0 radical (unpaired) electrons. The molecule has 0 aliphatic carbocycles. The van der Waals surface area contributed by atoms with E-state index >= 15 is 0 Å². The molecule has 0 fully saturated rings. The zero-order valence-corrected chi connectivity index (χ0v) is 15.9. The Balaban J connectivity index is 2.34. The van der Waals surface area contributed by atoms with E-state index in [0.717, 1.165) is 11.1 Å². The van der Waals surface area contributed by atoms with Crippen LogP contribution in [-0.2, 0) is 10.0 Å². The van der Waals surface area contributed by atoms with Gasteiger partial charge in [-0.2, -0.15) is 0 Å². The highest BCUT2D eigenvalue weighted by atomic mass is 32.2. The Morgan fingerprint density at radius 2 is 1.60 bits per heavy atom. The molecular formula is C19H24N2O3S. The topological polar surface area (TPSA) is 66.5 Å². The molecule has 0 heterocycles. The van der Waals surface area contributed by atoms with Gasteiger partial charge in [-0.1, -0.05) is 23.8 Å². The third-order valence-electron chi connectivity index (χ3n) is 4.11.